The van der Waals surface area contributed by atoms with Gasteiger partial charge in [0.15, 0.2) is 0 Å². The molecule has 1 aliphatic heterocycles. The third-order valence-corrected chi connectivity index (χ3v) is 6.85. The molecule has 1 saturated heterocycles. The molecule has 2 aromatic carbocycles. The number of rotatable bonds is 5. The molecular formula is C27H28N4O. The Morgan fingerprint density at radius 2 is 1.88 bits per heavy atom. The number of aryl methyl sites for hydroxylation is 1. The molecule has 5 heteroatoms. The third kappa shape index (κ3) is 4.00. The maximum Gasteiger partial charge on any atom is 0.138 e. The van der Waals surface area contributed by atoms with Crippen LogP contribution in [-0.4, -0.2) is 39.7 Å². The smallest absolute Gasteiger partial charge is 0.138 e. The Hall–Kier alpha value is -3.20. The topological polar surface area (TPSA) is 75.9 Å². The fraction of sp³-hybridized carbons (Fsp3) is 0.333. The van der Waals surface area contributed by atoms with Crippen LogP contribution in [0.2, 0.25) is 0 Å². The molecule has 0 bridgehead atoms. The number of H-pyrrole nitrogens is 1. The Morgan fingerprint density at radius 1 is 1.09 bits per heavy atom. The van der Waals surface area contributed by atoms with Crippen molar-refractivity contribution in [3.8, 4) is 17.2 Å². The van der Waals surface area contributed by atoms with E-state index in [9.17, 15) is 5.26 Å². The Labute approximate surface area is 188 Å². The molecule has 5 rings (SSSR count). The third-order valence-electron chi connectivity index (χ3n) is 6.85. The molecule has 0 unspecified atom stereocenters. The average Bonchev–Trinajstić information content (AvgIpc) is 3.17. The monoisotopic (exact) mass is 424 g/mol. The zero-order valence-corrected chi connectivity index (χ0v) is 18.4. The first kappa shape index (κ1) is 20.7. The lowest BCUT2D eigenvalue weighted by molar-refractivity contribution is 0.153. The number of piperidine rings is 1. The van der Waals surface area contributed by atoms with Crippen molar-refractivity contribution in [2.75, 3.05) is 19.7 Å². The average molecular weight is 425 g/mol. The number of nitriles is 1. The van der Waals surface area contributed by atoms with Gasteiger partial charge < -0.3 is 10.1 Å². The molecule has 0 amide bonds. The van der Waals surface area contributed by atoms with Crippen LogP contribution >= 0.6 is 0 Å². The zero-order chi connectivity index (χ0) is 22.1. The number of likely N-dealkylation sites (tertiary alicyclic amines) is 1. The number of aliphatic hydroxyl groups excluding tert-OH is 1. The van der Waals surface area contributed by atoms with Gasteiger partial charge in [-0.05, 0) is 80.1 Å². The molecule has 3 heterocycles. The van der Waals surface area contributed by atoms with Crippen molar-refractivity contribution in [3.63, 3.8) is 0 Å². The normalized spacial score (nSPS) is 15.4. The first-order valence-corrected chi connectivity index (χ1v) is 11.4. The van der Waals surface area contributed by atoms with E-state index in [0.717, 1.165) is 64.7 Å². The number of aromatic nitrogens is 2. The minimum Gasteiger partial charge on any atom is -0.396 e. The van der Waals surface area contributed by atoms with E-state index < -0.39 is 0 Å². The number of nitrogens with zero attached hydrogens (tertiary/aromatic N) is 3. The van der Waals surface area contributed by atoms with E-state index in [4.69, 9.17) is 5.11 Å². The molecule has 162 valence electrons. The zero-order valence-electron chi connectivity index (χ0n) is 18.4. The second-order valence-electron chi connectivity index (χ2n) is 9.00. The molecule has 2 N–H and O–H groups in total. The molecule has 0 spiro atoms. The Morgan fingerprint density at radius 3 is 2.59 bits per heavy atom. The standard InChI is InChI=1S/C27H28N4O/c1-18-12-26-24(13-22(18)15-28)25-14-23(16-29-27(25)30-26)21-4-2-20(3-5-21)17-31-9-6-19(7-10-31)8-11-32/h2-5,12-14,16,19,32H,6-11,17H2,1H3,(H,29,30). The Bertz CT molecular complexity index is 1290. The van der Waals surface area contributed by atoms with Crippen LogP contribution in [0.15, 0.2) is 48.7 Å². The summed E-state index contributed by atoms with van der Waals surface area (Å²) >= 11 is 0. The minimum atomic E-state index is 0.310. The molecule has 0 radical (unpaired) electrons. The number of hydrogen-bond donors (Lipinski definition) is 2. The van der Waals surface area contributed by atoms with Crippen LogP contribution in [0.25, 0.3) is 33.1 Å². The highest BCUT2D eigenvalue weighted by atomic mass is 16.3. The highest BCUT2D eigenvalue weighted by Crippen LogP contribution is 2.30. The van der Waals surface area contributed by atoms with E-state index in [-0.39, 0.29) is 0 Å². The second kappa shape index (κ2) is 8.74. The van der Waals surface area contributed by atoms with Gasteiger partial charge in [-0.3, -0.25) is 4.90 Å². The quantitative estimate of drug-likeness (QED) is 0.464. The van der Waals surface area contributed by atoms with Crippen LogP contribution in [0.1, 0.15) is 36.0 Å². The van der Waals surface area contributed by atoms with Gasteiger partial charge in [-0.2, -0.15) is 5.26 Å². The summed E-state index contributed by atoms with van der Waals surface area (Å²) in [5, 5.41) is 20.6. The van der Waals surface area contributed by atoms with Crippen LogP contribution in [0.4, 0.5) is 0 Å². The van der Waals surface area contributed by atoms with Gasteiger partial charge in [0, 0.05) is 41.2 Å². The molecule has 0 atom stereocenters. The molecule has 4 aromatic rings. The van der Waals surface area contributed by atoms with E-state index in [1.165, 1.54) is 18.4 Å². The summed E-state index contributed by atoms with van der Waals surface area (Å²) in [5.41, 5.74) is 7.08. The Kier molecular flexibility index (Phi) is 5.65. The lowest BCUT2D eigenvalue weighted by Gasteiger charge is -2.31. The molecule has 0 aliphatic carbocycles. The van der Waals surface area contributed by atoms with Crippen molar-refractivity contribution in [3.05, 3.63) is 65.4 Å². The molecule has 5 nitrogen and oxygen atoms in total. The van der Waals surface area contributed by atoms with Crippen molar-refractivity contribution in [1.82, 2.24) is 14.9 Å². The SMILES string of the molecule is Cc1cc2[nH]c3ncc(-c4ccc(CN5CCC(CCO)CC5)cc4)cc3c2cc1C#N. The van der Waals surface area contributed by atoms with Crippen LogP contribution in [0.3, 0.4) is 0 Å². The fourth-order valence-corrected chi connectivity index (χ4v) is 4.89. The van der Waals surface area contributed by atoms with Gasteiger partial charge in [-0.25, -0.2) is 4.98 Å². The summed E-state index contributed by atoms with van der Waals surface area (Å²) < 4.78 is 0. The number of hydrogen-bond acceptors (Lipinski definition) is 4. The molecule has 32 heavy (non-hydrogen) atoms. The minimum absolute atomic E-state index is 0.310. The summed E-state index contributed by atoms with van der Waals surface area (Å²) in [4.78, 5) is 10.5. The number of aromatic amines is 1. The van der Waals surface area contributed by atoms with Gasteiger partial charge in [-0.15, -0.1) is 0 Å². The van der Waals surface area contributed by atoms with Gasteiger partial charge in [-0.1, -0.05) is 24.3 Å². The maximum atomic E-state index is 9.41. The van der Waals surface area contributed by atoms with Crippen LogP contribution in [-0.2, 0) is 6.54 Å². The van der Waals surface area contributed by atoms with E-state index in [2.05, 4.69) is 51.3 Å². The van der Waals surface area contributed by atoms with Crippen LogP contribution < -0.4 is 0 Å². The molecule has 0 saturated carbocycles. The van der Waals surface area contributed by atoms with Crippen molar-refractivity contribution < 1.29 is 5.11 Å². The summed E-state index contributed by atoms with van der Waals surface area (Å²) in [6.45, 7) is 5.46. The van der Waals surface area contributed by atoms with E-state index >= 15 is 0 Å². The van der Waals surface area contributed by atoms with E-state index in [1.807, 2.05) is 25.3 Å². The van der Waals surface area contributed by atoms with Crippen LogP contribution in [0, 0.1) is 24.2 Å². The number of benzene rings is 2. The lowest BCUT2D eigenvalue weighted by atomic mass is 9.93. The van der Waals surface area contributed by atoms with Crippen molar-refractivity contribution >= 4 is 21.9 Å². The molecule has 1 aliphatic rings. The number of pyridine rings is 1. The second-order valence-corrected chi connectivity index (χ2v) is 9.00. The van der Waals surface area contributed by atoms with Gasteiger partial charge in [0.1, 0.15) is 5.65 Å². The largest absolute Gasteiger partial charge is 0.396 e. The number of nitrogens with one attached hydrogen (secondary N) is 1. The first-order chi connectivity index (χ1) is 15.6. The van der Waals surface area contributed by atoms with Gasteiger partial charge in [0.05, 0.1) is 11.6 Å². The van der Waals surface area contributed by atoms with Crippen molar-refractivity contribution in [2.24, 2.45) is 5.92 Å². The molecule has 2 aromatic heterocycles. The summed E-state index contributed by atoms with van der Waals surface area (Å²) in [6.07, 6.45) is 5.22. The first-order valence-electron chi connectivity index (χ1n) is 11.4. The summed E-state index contributed by atoms with van der Waals surface area (Å²) in [5.74, 6) is 0.679. The van der Waals surface area contributed by atoms with E-state index in [1.54, 1.807) is 0 Å². The molecular weight excluding hydrogens is 396 g/mol. The highest BCUT2D eigenvalue weighted by Gasteiger charge is 2.18. The van der Waals surface area contributed by atoms with Gasteiger partial charge in [0.25, 0.3) is 0 Å². The summed E-state index contributed by atoms with van der Waals surface area (Å²) in [6, 6.07) is 17.2. The predicted molar refractivity (Wildman–Crippen MR) is 128 cm³/mol. The molecule has 1 fully saturated rings. The van der Waals surface area contributed by atoms with Gasteiger partial charge in [0.2, 0.25) is 0 Å². The highest BCUT2D eigenvalue weighted by molar-refractivity contribution is 6.07. The predicted octanol–water partition coefficient (Wildman–Crippen LogP) is 5.16. The van der Waals surface area contributed by atoms with Crippen LogP contribution in [0.5, 0.6) is 0 Å². The Balaban J connectivity index is 1.36. The lowest BCUT2D eigenvalue weighted by Crippen LogP contribution is -2.33. The van der Waals surface area contributed by atoms with E-state index in [0.29, 0.717) is 18.1 Å². The van der Waals surface area contributed by atoms with Crippen molar-refractivity contribution in [2.45, 2.75) is 32.7 Å². The van der Waals surface area contributed by atoms with Gasteiger partial charge >= 0.3 is 0 Å². The maximum absolute atomic E-state index is 9.41. The summed E-state index contributed by atoms with van der Waals surface area (Å²) in [7, 11) is 0. The fourth-order valence-electron chi connectivity index (χ4n) is 4.89. The number of aliphatic hydroxyl groups is 1. The van der Waals surface area contributed by atoms with Crippen molar-refractivity contribution in [1.29, 1.82) is 5.26 Å². The number of fused-ring (bicyclic) bond motifs is 3.